The van der Waals surface area contributed by atoms with E-state index in [4.69, 9.17) is 0 Å². The van der Waals surface area contributed by atoms with Gasteiger partial charge in [-0.3, -0.25) is 0 Å². The van der Waals surface area contributed by atoms with Gasteiger partial charge in [0.05, 0.1) is 5.60 Å². The average molecular weight is 227 g/mol. The molecule has 1 aliphatic rings. The molecule has 1 saturated carbocycles. The fourth-order valence-corrected chi connectivity index (χ4v) is 2.41. The van der Waals surface area contributed by atoms with Crippen molar-refractivity contribution in [1.82, 2.24) is 5.32 Å². The van der Waals surface area contributed by atoms with E-state index in [1.165, 1.54) is 25.7 Å². The molecule has 0 amide bonds. The van der Waals surface area contributed by atoms with Crippen LogP contribution in [-0.2, 0) is 0 Å². The van der Waals surface area contributed by atoms with Crippen LogP contribution >= 0.6 is 0 Å². The van der Waals surface area contributed by atoms with Gasteiger partial charge in [0, 0.05) is 12.6 Å². The quantitative estimate of drug-likeness (QED) is 0.774. The highest BCUT2D eigenvalue weighted by molar-refractivity contribution is 4.90. The first-order valence-electron chi connectivity index (χ1n) is 6.71. The van der Waals surface area contributed by atoms with Crippen molar-refractivity contribution in [2.24, 2.45) is 11.3 Å². The molecule has 16 heavy (non-hydrogen) atoms. The first-order valence-corrected chi connectivity index (χ1v) is 6.71. The normalized spacial score (nSPS) is 29.1. The minimum Gasteiger partial charge on any atom is -0.389 e. The summed E-state index contributed by atoms with van der Waals surface area (Å²) < 4.78 is 0. The molecule has 0 radical (unpaired) electrons. The molecule has 96 valence electrons. The molecule has 2 unspecified atom stereocenters. The molecular weight excluding hydrogens is 198 g/mol. The lowest BCUT2D eigenvalue weighted by Gasteiger charge is -2.41. The minimum atomic E-state index is -0.590. The van der Waals surface area contributed by atoms with Gasteiger partial charge in [-0.2, -0.15) is 0 Å². The Morgan fingerprint density at radius 1 is 1.38 bits per heavy atom. The van der Waals surface area contributed by atoms with Gasteiger partial charge in [0.15, 0.2) is 0 Å². The zero-order valence-corrected chi connectivity index (χ0v) is 11.6. The number of aliphatic hydroxyl groups is 1. The van der Waals surface area contributed by atoms with E-state index in [0.717, 1.165) is 0 Å². The minimum absolute atomic E-state index is 0.298. The molecule has 0 spiro atoms. The summed E-state index contributed by atoms with van der Waals surface area (Å²) in [6, 6.07) is 0.562. The van der Waals surface area contributed by atoms with E-state index >= 15 is 0 Å². The standard InChI is InChI=1S/C14H29NO/c1-11(2)14(5,16)10-15-12-8-6-7-9-13(12,3)4/h11-12,15-16H,6-10H2,1-5H3. The van der Waals surface area contributed by atoms with Crippen molar-refractivity contribution in [3.05, 3.63) is 0 Å². The Bertz CT molecular complexity index is 221. The third-order valence-corrected chi connectivity index (χ3v) is 4.46. The largest absolute Gasteiger partial charge is 0.389 e. The molecule has 0 aromatic heterocycles. The van der Waals surface area contributed by atoms with Crippen molar-refractivity contribution in [3.8, 4) is 0 Å². The summed E-state index contributed by atoms with van der Waals surface area (Å²) in [5.74, 6) is 0.298. The number of hydrogen-bond donors (Lipinski definition) is 2. The van der Waals surface area contributed by atoms with Crippen molar-refractivity contribution in [2.45, 2.75) is 71.9 Å². The molecule has 2 nitrogen and oxygen atoms in total. The van der Waals surface area contributed by atoms with Gasteiger partial charge >= 0.3 is 0 Å². The van der Waals surface area contributed by atoms with E-state index in [-0.39, 0.29) is 0 Å². The summed E-state index contributed by atoms with van der Waals surface area (Å²) in [5.41, 5.74) is -0.209. The molecule has 0 aliphatic heterocycles. The molecule has 0 aromatic rings. The molecule has 0 aromatic carbocycles. The van der Waals surface area contributed by atoms with Gasteiger partial charge < -0.3 is 10.4 Å². The van der Waals surface area contributed by atoms with E-state index in [9.17, 15) is 5.11 Å². The first kappa shape index (κ1) is 14.0. The lowest BCUT2D eigenvalue weighted by atomic mass is 9.73. The molecule has 1 aliphatic carbocycles. The fourth-order valence-electron chi connectivity index (χ4n) is 2.41. The molecule has 1 rings (SSSR count). The Kier molecular flexibility index (Phi) is 4.42. The fraction of sp³-hybridized carbons (Fsp3) is 1.00. The zero-order chi connectivity index (χ0) is 12.4. The summed E-state index contributed by atoms with van der Waals surface area (Å²) in [6.45, 7) is 11.5. The van der Waals surface area contributed by atoms with Crippen LogP contribution in [0.2, 0.25) is 0 Å². The van der Waals surface area contributed by atoms with E-state index < -0.39 is 5.60 Å². The smallest absolute Gasteiger partial charge is 0.0766 e. The van der Waals surface area contributed by atoms with Crippen LogP contribution in [0.1, 0.15) is 60.3 Å². The van der Waals surface area contributed by atoms with E-state index in [2.05, 4.69) is 33.0 Å². The highest BCUT2D eigenvalue weighted by Gasteiger charge is 2.34. The lowest BCUT2D eigenvalue weighted by Crippen LogP contribution is -2.51. The third-order valence-electron chi connectivity index (χ3n) is 4.46. The summed E-state index contributed by atoms with van der Waals surface area (Å²) in [6.07, 6.45) is 5.23. The number of hydrogen-bond acceptors (Lipinski definition) is 2. The van der Waals surface area contributed by atoms with Crippen LogP contribution in [0.15, 0.2) is 0 Å². The predicted molar refractivity (Wildman–Crippen MR) is 69.5 cm³/mol. The average Bonchev–Trinajstić information content (AvgIpc) is 2.15. The summed E-state index contributed by atoms with van der Waals surface area (Å²) in [4.78, 5) is 0. The van der Waals surface area contributed by atoms with Crippen LogP contribution in [-0.4, -0.2) is 23.3 Å². The van der Waals surface area contributed by atoms with Gasteiger partial charge in [0.25, 0.3) is 0 Å². The maximum absolute atomic E-state index is 10.2. The molecule has 1 fully saturated rings. The van der Waals surface area contributed by atoms with Crippen LogP contribution in [0.3, 0.4) is 0 Å². The van der Waals surface area contributed by atoms with E-state index in [1.54, 1.807) is 0 Å². The maximum Gasteiger partial charge on any atom is 0.0766 e. The molecular formula is C14H29NO. The van der Waals surface area contributed by atoms with Gasteiger partial charge in [-0.1, -0.05) is 40.5 Å². The van der Waals surface area contributed by atoms with Crippen molar-refractivity contribution in [1.29, 1.82) is 0 Å². The summed E-state index contributed by atoms with van der Waals surface area (Å²) in [7, 11) is 0. The molecule has 2 heteroatoms. The second kappa shape index (κ2) is 5.05. The van der Waals surface area contributed by atoms with Crippen molar-refractivity contribution in [3.63, 3.8) is 0 Å². The van der Waals surface area contributed by atoms with Crippen LogP contribution in [0.25, 0.3) is 0 Å². The van der Waals surface area contributed by atoms with Crippen LogP contribution in [0.5, 0.6) is 0 Å². The monoisotopic (exact) mass is 227 g/mol. The van der Waals surface area contributed by atoms with Crippen molar-refractivity contribution in [2.75, 3.05) is 6.54 Å². The summed E-state index contributed by atoms with van der Waals surface area (Å²) in [5, 5.41) is 13.8. The van der Waals surface area contributed by atoms with Gasteiger partial charge in [0.1, 0.15) is 0 Å². The third kappa shape index (κ3) is 3.46. The molecule has 2 N–H and O–H groups in total. The van der Waals surface area contributed by atoms with Crippen LogP contribution in [0, 0.1) is 11.3 Å². The molecule has 2 atom stereocenters. The van der Waals surface area contributed by atoms with Gasteiger partial charge in [-0.25, -0.2) is 0 Å². The van der Waals surface area contributed by atoms with Gasteiger partial charge in [-0.15, -0.1) is 0 Å². The molecule has 0 bridgehead atoms. The highest BCUT2D eigenvalue weighted by atomic mass is 16.3. The van der Waals surface area contributed by atoms with Crippen molar-refractivity contribution >= 4 is 0 Å². The maximum atomic E-state index is 10.2. The van der Waals surface area contributed by atoms with Gasteiger partial charge in [-0.05, 0) is 31.1 Å². The second-order valence-corrected chi connectivity index (χ2v) is 6.68. The highest BCUT2D eigenvalue weighted by Crippen LogP contribution is 2.35. The van der Waals surface area contributed by atoms with Crippen LogP contribution < -0.4 is 5.32 Å². The Morgan fingerprint density at radius 3 is 2.50 bits per heavy atom. The van der Waals surface area contributed by atoms with Crippen LogP contribution in [0.4, 0.5) is 0 Å². The summed E-state index contributed by atoms with van der Waals surface area (Å²) >= 11 is 0. The predicted octanol–water partition coefficient (Wildman–Crippen LogP) is 2.95. The molecule has 0 heterocycles. The Balaban J connectivity index is 2.48. The topological polar surface area (TPSA) is 32.3 Å². The van der Waals surface area contributed by atoms with Crippen molar-refractivity contribution < 1.29 is 5.11 Å². The Labute approximate surface area is 101 Å². The Morgan fingerprint density at radius 2 is 2.00 bits per heavy atom. The van der Waals surface area contributed by atoms with Gasteiger partial charge in [0.2, 0.25) is 0 Å². The molecule has 0 saturated heterocycles. The second-order valence-electron chi connectivity index (χ2n) is 6.68. The number of rotatable bonds is 4. The van der Waals surface area contributed by atoms with E-state index in [0.29, 0.717) is 23.9 Å². The first-order chi connectivity index (χ1) is 7.26. The SMILES string of the molecule is CC(C)C(C)(O)CNC1CCCCC1(C)C. The lowest BCUT2D eigenvalue weighted by molar-refractivity contribution is 0.00476. The zero-order valence-electron chi connectivity index (χ0n) is 11.6. The van der Waals surface area contributed by atoms with E-state index in [1.807, 2.05) is 6.92 Å². The number of nitrogens with one attached hydrogen (secondary N) is 1. The Hall–Kier alpha value is -0.0800.